The van der Waals surface area contributed by atoms with Crippen molar-refractivity contribution in [2.24, 2.45) is 0 Å². The predicted molar refractivity (Wildman–Crippen MR) is 108 cm³/mol. The molecule has 5 nitrogen and oxygen atoms in total. The number of aromatic nitrogens is 2. The van der Waals surface area contributed by atoms with Crippen molar-refractivity contribution in [2.45, 2.75) is 32.2 Å². The number of fused-ring (bicyclic) bond motifs is 1. The van der Waals surface area contributed by atoms with E-state index in [4.69, 9.17) is 9.47 Å². The number of ether oxygens (including phenoxy) is 2. The van der Waals surface area contributed by atoms with E-state index in [0.717, 1.165) is 36.8 Å². The SMILES string of the molecule is COc1cc(C)c(CN2CCCC(c3cc4cccnc4[nH]3)C2)cc1OC. The Bertz CT molecular complexity index is 901. The van der Waals surface area contributed by atoms with E-state index in [1.807, 2.05) is 12.3 Å². The number of H-pyrrole nitrogens is 1. The predicted octanol–water partition coefficient (Wildman–Crippen LogP) is 4.27. The standard InChI is InChI=1S/C22H27N3O2/c1-15-10-20(26-2)21(27-3)12-18(15)14-25-9-5-7-17(13-25)19-11-16-6-4-8-23-22(16)24-19/h4,6,8,10-12,17H,5,7,9,13-14H2,1-3H3,(H,23,24). The minimum Gasteiger partial charge on any atom is -0.493 e. The highest BCUT2D eigenvalue weighted by molar-refractivity contribution is 5.76. The van der Waals surface area contributed by atoms with Gasteiger partial charge in [-0.25, -0.2) is 4.98 Å². The first-order valence-electron chi connectivity index (χ1n) is 9.55. The zero-order chi connectivity index (χ0) is 18.8. The van der Waals surface area contributed by atoms with E-state index in [0.29, 0.717) is 5.92 Å². The summed E-state index contributed by atoms with van der Waals surface area (Å²) in [6, 6.07) is 10.6. The summed E-state index contributed by atoms with van der Waals surface area (Å²) in [4.78, 5) is 10.5. The molecule has 0 amide bonds. The number of aromatic amines is 1. The van der Waals surface area contributed by atoms with Gasteiger partial charge in [-0.15, -0.1) is 0 Å². The van der Waals surface area contributed by atoms with Gasteiger partial charge in [-0.2, -0.15) is 0 Å². The maximum Gasteiger partial charge on any atom is 0.161 e. The normalized spacial score (nSPS) is 18.0. The summed E-state index contributed by atoms with van der Waals surface area (Å²) in [6.45, 7) is 5.26. The van der Waals surface area contributed by atoms with Crippen LogP contribution in [0.3, 0.4) is 0 Å². The second-order valence-electron chi connectivity index (χ2n) is 7.37. The van der Waals surface area contributed by atoms with Gasteiger partial charge in [0.25, 0.3) is 0 Å². The molecule has 1 N–H and O–H groups in total. The number of piperidine rings is 1. The lowest BCUT2D eigenvalue weighted by atomic mass is 9.94. The maximum atomic E-state index is 5.49. The van der Waals surface area contributed by atoms with Gasteiger partial charge in [-0.3, -0.25) is 4.90 Å². The molecule has 142 valence electrons. The topological polar surface area (TPSA) is 50.4 Å². The maximum absolute atomic E-state index is 5.49. The monoisotopic (exact) mass is 365 g/mol. The molecule has 1 aromatic carbocycles. The molecule has 0 radical (unpaired) electrons. The molecule has 5 heteroatoms. The molecule has 1 aliphatic heterocycles. The summed E-state index contributed by atoms with van der Waals surface area (Å²) in [5.74, 6) is 2.11. The highest BCUT2D eigenvalue weighted by atomic mass is 16.5. The first kappa shape index (κ1) is 17.9. The van der Waals surface area contributed by atoms with Gasteiger partial charge < -0.3 is 14.5 Å². The molecule has 0 aliphatic carbocycles. The van der Waals surface area contributed by atoms with Crippen LogP contribution in [0.4, 0.5) is 0 Å². The number of nitrogens with one attached hydrogen (secondary N) is 1. The Kier molecular flexibility index (Phi) is 5.03. The molecule has 0 spiro atoms. The van der Waals surface area contributed by atoms with Crippen molar-refractivity contribution in [3.8, 4) is 11.5 Å². The zero-order valence-electron chi connectivity index (χ0n) is 16.3. The molecule has 3 heterocycles. The summed E-state index contributed by atoms with van der Waals surface area (Å²) in [6.07, 6.45) is 4.27. The fraction of sp³-hybridized carbons (Fsp3) is 0.409. The van der Waals surface area contributed by atoms with Gasteiger partial charge in [0.1, 0.15) is 5.65 Å². The lowest BCUT2D eigenvalue weighted by Crippen LogP contribution is -2.34. The van der Waals surface area contributed by atoms with Gasteiger partial charge in [0, 0.05) is 36.3 Å². The lowest BCUT2D eigenvalue weighted by Gasteiger charge is -2.32. The van der Waals surface area contributed by atoms with Gasteiger partial charge >= 0.3 is 0 Å². The summed E-state index contributed by atoms with van der Waals surface area (Å²) in [5.41, 5.74) is 4.83. The first-order chi connectivity index (χ1) is 13.2. The number of benzene rings is 1. The van der Waals surface area contributed by atoms with E-state index in [9.17, 15) is 0 Å². The molecule has 2 aromatic heterocycles. The van der Waals surface area contributed by atoms with Crippen LogP contribution < -0.4 is 9.47 Å². The van der Waals surface area contributed by atoms with Gasteiger partial charge in [0.2, 0.25) is 0 Å². The molecule has 4 rings (SSSR count). The third-order valence-corrected chi connectivity index (χ3v) is 5.59. The molecule has 0 bridgehead atoms. The van der Waals surface area contributed by atoms with Gasteiger partial charge in [0.05, 0.1) is 14.2 Å². The van der Waals surface area contributed by atoms with Crippen molar-refractivity contribution < 1.29 is 9.47 Å². The first-order valence-corrected chi connectivity index (χ1v) is 9.55. The number of methoxy groups -OCH3 is 2. The Balaban J connectivity index is 1.52. The van der Waals surface area contributed by atoms with Crippen LogP contribution in [0.5, 0.6) is 11.5 Å². The number of hydrogen-bond acceptors (Lipinski definition) is 4. The molecule has 1 atom stereocenters. The van der Waals surface area contributed by atoms with Crippen LogP contribution in [0, 0.1) is 6.92 Å². The van der Waals surface area contributed by atoms with Crippen molar-refractivity contribution in [3.05, 3.63) is 53.3 Å². The van der Waals surface area contributed by atoms with E-state index in [2.05, 4.69) is 46.1 Å². The van der Waals surface area contributed by atoms with Crippen molar-refractivity contribution in [1.82, 2.24) is 14.9 Å². The molecular weight excluding hydrogens is 338 g/mol. The van der Waals surface area contributed by atoms with Crippen LogP contribution in [-0.2, 0) is 6.54 Å². The highest BCUT2D eigenvalue weighted by Crippen LogP contribution is 2.33. The van der Waals surface area contributed by atoms with E-state index in [1.165, 1.54) is 35.0 Å². The summed E-state index contributed by atoms with van der Waals surface area (Å²) in [5, 5.41) is 1.19. The number of pyridine rings is 1. The Morgan fingerprint density at radius 1 is 1.19 bits per heavy atom. The smallest absolute Gasteiger partial charge is 0.161 e. The molecule has 1 aliphatic rings. The number of rotatable bonds is 5. The van der Waals surface area contributed by atoms with Crippen LogP contribution in [0.1, 0.15) is 35.6 Å². The van der Waals surface area contributed by atoms with Crippen LogP contribution in [-0.4, -0.2) is 42.2 Å². The summed E-state index contributed by atoms with van der Waals surface area (Å²) < 4.78 is 10.9. The van der Waals surface area contributed by atoms with Crippen molar-refractivity contribution in [1.29, 1.82) is 0 Å². The van der Waals surface area contributed by atoms with E-state index < -0.39 is 0 Å². The minimum atomic E-state index is 0.522. The average Bonchev–Trinajstić information content (AvgIpc) is 3.14. The quantitative estimate of drug-likeness (QED) is 0.734. The fourth-order valence-corrected chi connectivity index (χ4v) is 4.09. The van der Waals surface area contributed by atoms with Crippen LogP contribution >= 0.6 is 0 Å². The Hall–Kier alpha value is -2.53. The average molecular weight is 365 g/mol. The summed E-state index contributed by atoms with van der Waals surface area (Å²) in [7, 11) is 3.37. The molecule has 1 saturated heterocycles. The lowest BCUT2D eigenvalue weighted by molar-refractivity contribution is 0.198. The third-order valence-electron chi connectivity index (χ3n) is 5.59. The second-order valence-corrected chi connectivity index (χ2v) is 7.37. The Morgan fingerprint density at radius 2 is 2.00 bits per heavy atom. The van der Waals surface area contributed by atoms with E-state index in [1.54, 1.807) is 14.2 Å². The van der Waals surface area contributed by atoms with Gasteiger partial charge in [-0.05, 0) is 67.8 Å². The Morgan fingerprint density at radius 3 is 2.78 bits per heavy atom. The second kappa shape index (κ2) is 7.61. The number of nitrogens with zero attached hydrogens (tertiary/aromatic N) is 2. The fourth-order valence-electron chi connectivity index (χ4n) is 4.09. The largest absolute Gasteiger partial charge is 0.493 e. The van der Waals surface area contributed by atoms with Crippen molar-refractivity contribution in [2.75, 3.05) is 27.3 Å². The summed E-state index contributed by atoms with van der Waals surface area (Å²) >= 11 is 0. The molecule has 3 aromatic rings. The molecule has 0 saturated carbocycles. The number of aryl methyl sites for hydroxylation is 1. The number of likely N-dealkylation sites (tertiary alicyclic amines) is 1. The molecule has 1 unspecified atom stereocenters. The van der Waals surface area contributed by atoms with Gasteiger partial charge in [-0.1, -0.05) is 0 Å². The third kappa shape index (κ3) is 3.65. The molecule has 1 fully saturated rings. The van der Waals surface area contributed by atoms with Crippen molar-refractivity contribution >= 4 is 11.0 Å². The van der Waals surface area contributed by atoms with Crippen molar-refractivity contribution in [3.63, 3.8) is 0 Å². The molecule has 27 heavy (non-hydrogen) atoms. The van der Waals surface area contributed by atoms with Crippen LogP contribution in [0.15, 0.2) is 36.5 Å². The van der Waals surface area contributed by atoms with E-state index >= 15 is 0 Å². The van der Waals surface area contributed by atoms with Crippen LogP contribution in [0.2, 0.25) is 0 Å². The molecular formula is C22H27N3O2. The van der Waals surface area contributed by atoms with Crippen LogP contribution in [0.25, 0.3) is 11.0 Å². The highest BCUT2D eigenvalue weighted by Gasteiger charge is 2.23. The minimum absolute atomic E-state index is 0.522. The van der Waals surface area contributed by atoms with E-state index in [-0.39, 0.29) is 0 Å². The Labute approximate surface area is 160 Å². The number of hydrogen-bond donors (Lipinski definition) is 1. The van der Waals surface area contributed by atoms with Gasteiger partial charge in [0.15, 0.2) is 11.5 Å². The zero-order valence-corrected chi connectivity index (χ0v) is 16.3.